The molecule has 0 aliphatic heterocycles. The molecule has 1 N–H and O–H groups in total. The van der Waals surface area contributed by atoms with Crippen molar-refractivity contribution >= 4 is 0 Å². The van der Waals surface area contributed by atoms with E-state index in [0.717, 1.165) is 32.6 Å². The Labute approximate surface area is 124 Å². The Kier molecular flexibility index (Phi) is 6.69. The first-order chi connectivity index (χ1) is 9.52. The Hall–Kier alpha value is -0.870. The van der Waals surface area contributed by atoms with Crippen molar-refractivity contribution in [2.45, 2.75) is 66.1 Å². The van der Waals surface area contributed by atoms with Gasteiger partial charge in [-0.3, -0.25) is 9.58 Å². The van der Waals surface area contributed by atoms with Crippen molar-refractivity contribution in [1.82, 2.24) is 20.0 Å². The molecule has 116 valence electrons. The molecule has 0 spiro atoms. The fourth-order valence-corrected chi connectivity index (χ4v) is 3.08. The van der Waals surface area contributed by atoms with Crippen molar-refractivity contribution in [3.05, 3.63) is 18.0 Å². The van der Waals surface area contributed by atoms with Crippen LogP contribution in [0.3, 0.4) is 0 Å². The summed E-state index contributed by atoms with van der Waals surface area (Å²) in [4.78, 5) is 2.52. The number of likely N-dealkylation sites (N-methyl/N-ethyl adjacent to an activating group) is 1. The molecule has 0 aliphatic carbocycles. The van der Waals surface area contributed by atoms with Gasteiger partial charge in [0.25, 0.3) is 0 Å². The van der Waals surface area contributed by atoms with Crippen LogP contribution in [0.5, 0.6) is 0 Å². The van der Waals surface area contributed by atoms with Gasteiger partial charge in [-0.25, -0.2) is 0 Å². The van der Waals surface area contributed by atoms with Gasteiger partial charge in [-0.15, -0.1) is 0 Å². The topological polar surface area (TPSA) is 33.1 Å². The molecule has 0 saturated carbocycles. The minimum Gasteiger partial charge on any atom is -0.307 e. The highest BCUT2D eigenvalue weighted by atomic mass is 15.3. The molecule has 0 aromatic carbocycles. The third kappa shape index (κ3) is 3.61. The molecule has 1 aromatic rings. The fraction of sp³-hybridized carbons (Fsp3) is 0.812. The molecule has 0 amide bonds. The Bertz CT molecular complexity index is 380. The lowest BCUT2D eigenvalue weighted by atomic mass is 9.89. The van der Waals surface area contributed by atoms with E-state index in [1.54, 1.807) is 0 Å². The van der Waals surface area contributed by atoms with E-state index in [9.17, 15) is 0 Å². The first-order valence-electron chi connectivity index (χ1n) is 8.02. The van der Waals surface area contributed by atoms with E-state index in [-0.39, 0.29) is 5.54 Å². The van der Waals surface area contributed by atoms with Gasteiger partial charge in [0.05, 0.1) is 11.7 Å². The number of hydrogen-bond donors (Lipinski definition) is 1. The lowest BCUT2D eigenvalue weighted by molar-refractivity contribution is 0.0875. The van der Waals surface area contributed by atoms with E-state index in [1.807, 2.05) is 6.20 Å². The minimum absolute atomic E-state index is 0.0611. The van der Waals surface area contributed by atoms with Crippen LogP contribution in [-0.2, 0) is 6.54 Å². The molecule has 0 saturated heterocycles. The predicted octanol–water partition coefficient (Wildman–Crippen LogP) is 3.06. The minimum atomic E-state index is 0.0611. The molecule has 4 heteroatoms. The van der Waals surface area contributed by atoms with Gasteiger partial charge in [0.15, 0.2) is 0 Å². The zero-order chi connectivity index (χ0) is 15.2. The van der Waals surface area contributed by atoms with Crippen LogP contribution in [0, 0.1) is 0 Å². The molecule has 0 fully saturated rings. The van der Waals surface area contributed by atoms with Crippen LogP contribution in [0.25, 0.3) is 0 Å². The summed E-state index contributed by atoms with van der Waals surface area (Å²) in [6, 6.07) is 2.45. The van der Waals surface area contributed by atoms with Gasteiger partial charge in [0.1, 0.15) is 0 Å². The van der Waals surface area contributed by atoms with Crippen LogP contribution in [0.4, 0.5) is 0 Å². The van der Waals surface area contributed by atoms with Crippen LogP contribution >= 0.6 is 0 Å². The lowest BCUT2D eigenvalue weighted by Gasteiger charge is -2.44. The van der Waals surface area contributed by atoms with Gasteiger partial charge >= 0.3 is 0 Å². The van der Waals surface area contributed by atoms with Gasteiger partial charge < -0.3 is 5.32 Å². The number of nitrogens with one attached hydrogen (secondary N) is 1. The summed E-state index contributed by atoms with van der Waals surface area (Å²) in [7, 11) is 0. The number of hydrogen-bond acceptors (Lipinski definition) is 3. The molecular formula is C16H32N4. The number of aromatic nitrogens is 2. The van der Waals surface area contributed by atoms with Gasteiger partial charge in [-0.1, -0.05) is 20.8 Å². The fourth-order valence-electron chi connectivity index (χ4n) is 3.08. The molecule has 0 radical (unpaired) electrons. The van der Waals surface area contributed by atoms with Crippen LogP contribution in [-0.4, -0.2) is 39.9 Å². The van der Waals surface area contributed by atoms with Crippen LogP contribution in [0.2, 0.25) is 0 Å². The Morgan fingerprint density at radius 1 is 1.25 bits per heavy atom. The zero-order valence-corrected chi connectivity index (χ0v) is 14.1. The Morgan fingerprint density at radius 2 is 1.90 bits per heavy atom. The van der Waals surface area contributed by atoms with Crippen LogP contribution < -0.4 is 5.32 Å². The van der Waals surface area contributed by atoms with Gasteiger partial charge in [0.2, 0.25) is 0 Å². The van der Waals surface area contributed by atoms with E-state index < -0.39 is 0 Å². The third-order valence-electron chi connectivity index (χ3n) is 4.23. The number of rotatable bonds is 9. The average Bonchev–Trinajstić information content (AvgIpc) is 2.88. The normalized spacial score (nSPS) is 13.9. The molecule has 1 atom stereocenters. The molecule has 1 unspecified atom stereocenters. The first kappa shape index (κ1) is 17.2. The highest BCUT2D eigenvalue weighted by molar-refractivity contribution is 5.14. The second-order valence-electron chi connectivity index (χ2n) is 5.78. The van der Waals surface area contributed by atoms with E-state index in [1.165, 1.54) is 5.69 Å². The summed E-state index contributed by atoms with van der Waals surface area (Å²) in [5.74, 6) is 0. The van der Waals surface area contributed by atoms with Gasteiger partial charge in [-0.05, 0) is 52.9 Å². The quantitative estimate of drug-likeness (QED) is 0.754. The summed E-state index contributed by atoms with van der Waals surface area (Å²) < 4.78 is 2.11. The van der Waals surface area contributed by atoms with Crippen molar-refractivity contribution in [3.63, 3.8) is 0 Å². The second kappa shape index (κ2) is 7.79. The van der Waals surface area contributed by atoms with E-state index in [2.05, 4.69) is 67.6 Å². The summed E-state index contributed by atoms with van der Waals surface area (Å²) in [5.41, 5.74) is 1.35. The summed E-state index contributed by atoms with van der Waals surface area (Å²) in [6.07, 6.45) is 3.06. The van der Waals surface area contributed by atoms with E-state index in [0.29, 0.717) is 6.04 Å². The maximum atomic E-state index is 4.45. The third-order valence-corrected chi connectivity index (χ3v) is 4.23. The zero-order valence-electron chi connectivity index (χ0n) is 14.1. The molecule has 20 heavy (non-hydrogen) atoms. The van der Waals surface area contributed by atoms with Crippen molar-refractivity contribution in [2.24, 2.45) is 0 Å². The Morgan fingerprint density at radius 3 is 2.40 bits per heavy atom. The molecule has 1 aromatic heterocycles. The van der Waals surface area contributed by atoms with Crippen molar-refractivity contribution in [2.75, 3.05) is 19.6 Å². The van der Waals surface area contributed by atoms with Crippen molar-refractivity contribution in [3.8, 4) is 0 Å². The number of aryl methyl sites for hydroxylation is 1. The predicted molar refractivity (Wildman–Crippen MR) is 85.9 cm³/mol. The standard InChI is InChI=1S/C16H32N4/c1-7-12-17-15(14-11-13-18-20(14)10-4)16(5,6)19(8-2)9-3/h11,13,15,17H,7-10,12H2,1-6H3. The Balaban J connectivity index is 3.11. The lowest BCUT2D eigenvalue weighted by Crippen LogP contribution is -2.53. The molecule has 4 nitrogen and oxygen atoms in total. The van der Waals surface area contributed by atoms with Crippen LogP contribution in [0.1, 0.15) is 59.7 Å². The monoisotopic (exact) mass is 280 g/mol. The summed E-state index contributed by atoms with van der Waals surface area (Å²) >= 11 is 0. The molecule has 0 bridgehead atoms. The highest BCUT2D eigenvalue weighted by Gasteiger charge is 2.36. The average molecular weight is 280 g/mol. The van der Waals surface area contributed by atoms with E-state index in [4.69, 9.17) is 0 Å². The van der Waals surface area contributed by atoms with Crippen molar-refractivity contribution in [1.29, 1.82) is 0 Å². The summed E-state index contributed by atoms with van der Waals surface area (Å²) in [6.45, 7) is 17.6. The van der Waals surface area contributed by atoms with E-state index >= 15 is 0 Å². The largest absolute Gasteiger partial charge is 0.307 e. The molecule has 0 aliphatic rings. The second-order valence-corrected chi connectivity index (χ2v) is 5.78. The number of nitrogens with zero attached hydrogens (tertiary/aromatic N) is 3. The van der Waals surface area contributed by atoms with Crippen LogP contribution in [0.15, 0.2) is 12.3 Å². The van der Waals surface area contributed by atoms with Gasteiger partial charge in [0, 0.05) is 18.3 Å². The maximum Gasteiger partial charge on any atom is 0.0673 e. The summed E-state index contributed by atoms with van der Waals surface area (Å²) in [5, 5.41) is 8.18. The smallest absolute Gasteiger partial charge is 0.0673 e. The SMILES string of the molecule is CCCNC(c1ccnn1CC)C(C)(C)N(CC)CC. The maximum absolute atomic E-state index is 4.45. The first-order valence-corrected chi connectivity index (χ1v) is 8.02. The molecular weight excluding hydrogens is 248 g/mol. The molecule has 1 rings (SSSR count). The molecule has 1 heterocycles. The van der Waals surface area contributed by atoms with Gasteiger partial charge in [-0.2, -0.15) is 5.10 Å². The van der Waals surface area contributed by atoms with Crippen molar-refractivity contribution < 1.29 is 0 Å². The highest BCUT2D eigenvalue weighted by Crippen LogP contribution is 2.31.